The van der Waals surface area contributed by atoms with E-state index in [9.17, 15) is 0 Å². The molecule has 0 aliphatic carbocycles. The second kappa shape index (κ2) is 4.97. The summed E-state index contributed by atoms with van der Waals surface area (Å²) >= 11 is 0. The summed E-state index contributed by atoms with van der Waals surface area (Å²) in [7, 11) is -0.192. The fourth-order valence-electron chi connectivity index (χ4n) is 2.01. The quantitative estimate of drug-likeness (QED) is 0.665. The van der Waals surface area contributed by atoms with E-state index in [1.54, 1.807) is 0 Å². The molecule has 0 fully saturated rings. The fraction of sp³-hybridized carbons (Fsp3) is 0.133. The molecule has 1 atom stereocenters. The molecule has 1 heterocycles. The van der Waals surface area contributed by atoms with E-state index in [1.807, 2.05) is 22.3 Å². The van der Waals surface area contributed by atoms with Gasteiger partial charge in [-0.25, -0.2) is 0 Å². The molecule has 3 aromatic rings. The van der Waals surface area contributed by atoms with Gasteiger partial charge in [-0.1, -0.05) is 35.0 Å². The lowest BCUT2D eigenvalue weighted by Gasteiger charge is -2.09. The third kappa shape index (κ3) is 2.19. The number of nitrogens with zero attached hydrogens (tertiary/aromatic N) is 3. The Morgan fingerprint density at radius 2 is 1.79 bits per heavy atom. The number of fused-ring (bicyclic) bond motifs is 1. The first-order valence-corrected chi connectivity index (χ1v) is 7.44. The van der Waals surface area contributed by atoms with E-state index in [1.165, 1.54) is 10.5 Å². The molecule has 0 N–H and O–H groups in total. The zero-order valence-electron chi connectivity index (χ0n) is 10.9. The molecule has 0 spiro atoms. The molecular weight excluding hydrogens is 254 g/mol. The first kappa shape index (κ1) is 12.1. The molecular formula is C15H15N3S. The van der Waals surface area contributed by atoms with Gasteiger partial charge >= 0.3 is 0 Å². The number of aryl methyl sites for hydroxylation is 1. The van der Waals surface area contributed by atoms with Crippen LogP contribution in [0.15, 0.2) is 53.4 Å². The maximum atomic E-state index is 4.31. The summed E-state index contributed by atoms with van der Waals surface area (Å²) in [5.74, 6) is 0. The molecule has 1 unspecified atom stereocenters. The normalized spacial score (nSPS) is 12.9. The SMILES string of the molecule is C/C=S(\c1ccc(C)cc1)n1nnc2ccccc21. The van der Waals surface area contributed by atoms with Gasteiger partial charge in [0.1, 0.15) is 11.0 Å². The fourth-order valence-corrected chi connectivity index (χ4v) is 3.57. The van der Waals surface area contributed by atoms with Gasteiger partial charge in [-0.15, -0.1) is 5.10 Å². The van der Waals surface area contributed by atoms with Gasteiger partial charge in [0.25, 0.3) is 0 Å². The van der Waals surface area contributed by atoms with E-state index in [4.69, 9.17) is 0 Å². The molecule has 0 saturated heterocycles. The number of rotatable bonds is 2. The largest absolute Gasteiger partial charge is 0.188 e. The van der Waals surface area contributed by atoms with Crippen molar-refractivity contribution in [2.75, 3.05) is 0 Å². The zero-order valence-corrected chi connectivity index (χ0v) is 11.8. The molecule has 0 aliphatic rings. The van der Waals surface area contributed by atoms with Crippen LogP contribution < -0.4 is 0 Å². The van der Waals surface area contributed by atoms with Crippen LogP contribution in [0.3, 0.4) is 0 Å². The van der Waals surface area contributed by atoms with Crippen molar-refractivity contribution in [3.8, 4) is 0 Å². The molecule has 3 nitrogen and oxygen atoms in total. The highest BCUT2D eigenvalue weighted by Gasteiger charge is 2.08. The highest BCUT2D eigenvalue weighted by atomic mass is 32.2. The Morgan fingerprint density at radius 1 is 1.05 bits per heavy atom. The van der Waals surface area contributed by atoms with Crippen molar-refractivity contribution >= 4 is 27.1 Å². The van der Waals surface area contributed by atoms with Gasteiger partial charge in [0.2, 0.25) is 0 Å². The zero-order chi connectivity index (χ0) is 13.2. The molecule has 0 saturated carbocycles. The average molecular weight is 269 g/mol. The summed E-state index contributed by atoms with van der Waals surface area (Å²) in [6.45, 7) is 4.17. The highest BCUT2D eigenvalue weighted by Crippen LogP contribution is 2.30. The Hall–Kier alpha value is -1.94. The molecule has 4 heteroatoms. The van der Waals surface area contributed by atoms with Gasteiger partial charge in [-0.2, -0.15) is 4.09 Å². The van der Waals surface area contributed by atoms with Crippen molar-refractivity contribution in [2.45, 2.75) is 18.7 Å². The summed E-state index contributed by atoms with van der Waals surface area (Å²) < 4.78 is 2.00. The van der Waals surface area contributed by atoms with Gasteiger partial charge in [0, 0.05) is 4.90 Å². The van der Waals surface area contributed by atoms with E-state index in [0.29, 0.717) is 0 Å². The summed E-state index contributed by atoms with van der Waals surface area (Å²) in [6, 6.07) is 16.7. The third-order valence-electron chi connectivity index (χ3n) is 2.99. The summed E-state index contributed by atoms with van der Waals surface area (Å²) in [4.78, 5) is 1.25. The Balaban J connectivity index is 2.15. The van der Waals surface area contributed by atoms with Crippen molar-refractivity contribution in [1.82, 2.24) is 14.4 Å². The van der Waals surface area contributed by atoms with Crippen LogP contribution in [0.2, 0.25) is 0 Å². The highest BCUT2D eigenvalue weighted by molar-refractivity contribution is 8.13. The first-order valence-electron chi connectivity index (χ1n) is 6.20. The molecule has 0 amide bonds. The Kier molecular flexibility index (Phi) is 3.17. The monoisotopic (exact) mass is 269 g/mol. The molecule has 1 aromatic heterocycles. The van der Waals surface area contributed by atoms with Crippen LogP contribution in [-0.2, 0) is 0 Å². The van der Waals surface area contributed by atoms with Crippen LogP contribution in [0.4, 0.5) is 0 Å². The molecule has 3 rings (SSSR count). The molecule has 2 aromatic carbocycles. The van der Waals surface area contributed by atoms with Crippen LogP contribution in [0.1, 0.15) is 12.5 Å². The maximum absolute atomic E-state index is 4.31. The van der Waals surface area contributed by atoms with Crippen molar-refractivity contribution in [1.29, 1.82) is 0 Å². The Labute approximate surface area is 114 Å². The van der Waals surface area contributed by atoms with Gasteiger partial charge in [-0.05, 0) is 54.2 Å². The van der Waals surface area contributed by atoms with Crippen LogP contribution >= 0.6 is 10.7 Å². The second-order valence-electron chi connectivity index (χ2n) is 4.31. The number of benzene rings is 2. The van der Waals surface area contributed by atoms with Gasteiger partial charge < -0.3 is 0 Å². The minimum Gasteiger partial charge on any atom is -0.188 e. The van der Waals surface area contributed by atoms with E-state index in [0.717, 1.165) is 11.0 Å². The smallest absolute Gasteiger partial charge is 0.114 e. The standard InChI is InChI=1S/C15H15N3S/c1-3-19(13-10-8-12(2)9-11-13)18-15-7-5-4-6-14(15)16-17-18/h3-11H,1-2H3. The van der Waals surface area contributed by atoms with Crippen LogP contribution in [0.5, 0.6) is 0 Å². The minimum absolute atomic E-state index is 0.192. The molecule has 0 aliphatic heterocycles. The summed E-state index contributed by atoms with van der Waals surface area (Å²) in [5.41, 5.74) is 3.28. The molecule has 0 bridgehead atoms. The van der Waals surface area contributed by atoms with Crippen molar-refractivity contribution < 1.29 is 0 Å². The lowest BCUT2D eigenvalue weighted by Crippen LogP contribution is -1.95. The lowest BCUT2D eigenvalue weighted by molar-refractivity contribution is 0.908. The van der Waals surface area contributed by atoms with Crippen molar-refractivity contribution in [3.05, 3.63) is 54.1 Å². The van der Waals surface area contributed by atoms with Crippen molar-refractivity contribution in [2.24, 2.45) is 0 Å². The predicted octanol–water partition coefficient (Wildman–Crippen LogP) is 3.65. The molecule has 0 radical (unpaired) electrons. The maximum Gasteiger partial charge on any atom is 0.114 e. The van der Waals surface area contributed by atoms with E-state index in [2.05, 4.69) is 59.9 Å². The van der Waals surface area contributed by atoms with E-state index in [-0.39, 0.29) is 10.7 Å². The number of hydrogen-bond donors (Lipinski definition) is 0. The summed E-state index contributed by atoms with van der Waals surface area (Å²) in [5, 5.41) is 10.7. The van der Waals surface area contributed by atoms with Gasteiger partial charge in [-0.3, -0.25) is 0 Å². The van der Waals surface area contributed by atoms with Gasteiger partial charge in [0.15, 0.2) is 0 Å². The topological polar surface area (TPSA) is 30.7 Å². The second-order valence-corrected chi connectivity index (χ2v) is 6.23. The lowest BCUT2D eigenvalue weighted by atomic mass is 10.2. The average Bonchev–Trinajstić information content (AvgIpc) is 2.86. The Morgan fingerprint density at radius 3 is 2.53 bits per heavy atom. The summed E-state index contributed by atoms with van der Waals surface area (Å²) in [6.07, 6.45) is 0. The van der Waals surface area contributed by atoms with E-state index < -0.39 is 0 Å². The Bertz CT molecular complexity index is 741. The van der Waals surface area contributed by atoms with Crippen LogP contribution in [0, 0.1) is 6.92 Å². The minimum atomic E-state index is -0.192. The van der Waals surface area contributed by atoms with Crippen LogP contribution in [-0.4, -0.2) is 19.8 Å². The predicted molar refractivity (Wildman–Crippen MR) is 81.7 cm³/mol. The van der Waals surface area contributed by atoms with Gasteiger partial charge in [0.05, 0.1) is 0 Å². The number of hydrogen-bond acceptors (Lipinski definition) is 2. The van der Waals surface area contributed by atoms with Crippen LogP contribution in [0.25, 0.3) is 11.0 Å². The number of para-hydroxylation sites is 1. The molecule has 96 valence electrons. The third-order valence-corrected chi connectivity index (χ3v) is 4.84. The molecule has 19 heavy (non-hydrogen) atoms. The van der Waals surface area contributed by atoms with Crippen molar-refractivity contribution in [3.63, 3.8) is 0 Å². The van der Waals surface area contributed by atoms with E-state index >= 15 is 0 Å². The first-order chi connectivity index (χ1) is 9.29. The number of aromatic nitrogens is 3.